The van der Waals surface area contributed by atoms with Crippen LogP contribution in [-0.2, 0) is 0 Å². The summed E-state index contributed by atoms with van der Waals surface area (Å²) >= 11 is 4.35. The van der Waals surface area contributed by atoms with Crippen LogP contribution in [0.15, 0.2) is 12.2 Å². The van der Waals surface area contributed by atoms with Gasteiger partial charge in [0.25, 0.3) is 0 Å². The quantitative estimate of drug-likeness (QED) is 0.618. The van der Waals surface area contributed by atoms with Crippen LogP contribution in [0.5, 0.6) is 0 Å². The van der Waals surface area contributed by atoms with E-state index >= 15 is 0 Å². The zero-order valence-electron chi connectivity index (χ0n) is 9.92. The molecule has 15 heavy (non-hydrogen) atoms. The van der Waals surface area contributed by atoms with E-state index in [9.17, 15) is 0 Å². The Balaban J connectivity index is 2.12. The molecule has 1 saturated heterocycles. The summed E-state index contributed by atoms with van der Waals surface area (Å²) in [6.45, 7) is 9.22. The molecule has 2 rings (SSSR count). The molecular weight excluding hydrogens is 220 g/mol. The summed E-state index contributed by atoms with van der Waals surface area (Å²) in [7, 11) is 0. The molecule has 0 bridgehead atoms. The first-order chi connectivity index (χ1) is 7.14. The largest absolute Gasteiger partial charge is 0.147 e. The van der Waals surface area contributed by atoms with E-state index in [-0.39, 0.29) is 0 Å². The second-order valence-electron chi connectivity index (χ2n) is 5.16. The van der Waals surface area contributed by atoms with Crippen molar-refractivity contribution in [2.45, 2.75) is 44.1 Å². The normalized spacial score (nSPS) is 39.3. The van der Waals surface area contributed by atoms with Gasteiger partial charge < -0.3 is 0 Å². The van der Waals surface area contributed by atoms with Crippen molar-refractivity contribution in [3.63, 3.8) is 0 Å². The second kappa shape index (κ2) is 4.75. The molecule has 2 atom stereocenters. The van der Waals surface area contributed by atoms with Gasteiger partial charge in [-0.2, -0.15) is 0 Å². The zero-order chi connectivity index (χ0) is 10.9. The summed E-state index contributed by atoms with van der Waals surface area (Å²) in [5.74, 6) is 3.45. The second-order valence-corrected chi connectivity index (χ2v) is 7.89. The monoisotopic (exact) mass is 242 g/mol. The molecule has 0 spiro atoms. The highest BCUT2D eigenvalue weighted by molar-refractivity contribution is 8.17. The molecule has 0 radical (unpaired) electrons. The third-order valence-corrected chi connectivity index (χ3v) is 7.52. The van der Waals surface area contributed by atoms with Crippen LogP contribution in [0.25, 0.3) is 0 Å². The van der Waals surface area contributed by atoms with Gasteiger partial charge in [-0.05, 0) is 36.7 Å². The van der Waals surface area contributed by atoms with Crippen LogP contribution < -0.4 is 0 Å². The van der Waals surface area contributed by atoms with Gasteiger partial charge >= 0.3 is 0 Å². The first-order valence-corrected chi connectivity index (χ1v) is 8.17. The fourth-order valence-corrected chi connectivity index (χ4v) is 6.27. The summed E-state index contributed by atoms with van der Waals surface area (Å²) < 4.78 is 0.779. The van der Waals surface area contributed by atoms with Gasteiger partial charge in [-0.3, -0.25) is 0 Å². The lowest BCUT2D eigenvalue weighted by atomic mass is 9.69. The van der Waals surface area contributed by atoms with Crippen molar-refractivity contribution in [1.82, 2.24) is 0 Å². The van der Waals surface area contributed by atoms with E-state index in [4.69, 9.17) is 0 Å². The molecule has 1 aliphatic carbocycles. The maximum Gasteiger partial charge on any atom is 0.0593 e. The Morgan fingerprint density at radius 3 is 2.60 bits per heavy atom. The summed E-state index contributed by atoms with van der Waals surface area (Å²) in [6.07, 6.45) is 5.51. The number of hydrogen-bond donors (Lipinski definition) is 0. The summed E-state index contributed by atoms with van der Waals surface area (Å²) in [4.78, 5) is 0. The minimum absolute atomic E-state index is 0.410. The van der Waals surface area contributed by atoms with Crippen LogP contribution in [-0.4, -0.2) is 16.1 Å². The van der Waals surface area contributed by atoms with Crippen LogP contribution in [0.3, 0.4) is 0 Å². The maximum absolute atomic E-state index is 4.40. The number of allylic oxidation sites excluding steroid dienone is 1. The smallest absolute Gasteiger partial charge is 0.0593 e. The fraction of sp³-hybridized carbons (Fsp3) is 0.846. The van der Waals surface area contributed by atoms with E-state index in [1.165, 1.54) is 42.8 Å². The van der Waals surface area contributed by atoms with Crippen LogP contribution >= 0.6 is 23.5 Å². The molecule has 2 aliphatic rings. The van der Waals surface area contributed by atoms with Crippen molar-refractivity contribution in [3.8, 4) is 0 Å². The van der Waals surface area contributed by atoms with E-state index in [0.29, 0.717) is 5.41 Å². The molecule has 1 heterocycles. The van der Waals surface area contributed by atoms with E-state index in [1.807, 2.05) is 0 Å². The number of rotatable bonds is 1. The van der Waals surface area contributed by atoms with Gasteiger partial charge in [0.2, 0.25) is 0 Å². The third-order valence-electron chi connectivity index (χ3n) is 4.01. The minimum Gasteiger partial charge on any atom is -0.147 e. The Bertz CT molecular complexity index is 243. The molecule has 0 amide bonds. The fourth-order valence-electron chi connectivity index (χ4n) is 2.80. The lowest BCUT2D eigenvalue weighted by molar-refractivity contribution is 0.286. The van der Waals surface area contributed by atoms with Gasteiger partial charge in [-0.15, -0.1) is 23.5 Å². The molecule has 0 aromatic carbocycles. The third kappa shape index (κ3) is 2.26. The summed E-state index contributed by atoms with van der Waals surface area (Å²) in [5, 5.41) is 0. The highest BCUT2D eigenvalue weighted by Crippen LogP contribution is 2.53. The molecular formula is C13H22S2. The molecule has 0 unspecified atom stereocenters. The van der Waals surface area contributed by atoms with Crippen molar-refractivity contribution in [2.24, 2.45) is 11.3 Å². The van der Waals surface area contributed by atoms with Crippen molar-refractivity contribution < 1.29 is 0 Å². The van der Waals surface area contributed by atoms with Gasteiger partial charge in [0.1, 0.15) is 0 Å². The Morgan fingerprint density at radius 2 is 1.93 bits per heavy atom. The molecule has 86 valence electrons. The van der Waals surface area contributed by atoms with Gasteiger partial charge in [-0.1, -0.05) is 32.4 Å². The number of hydrogen-bond acceptors (Lipinski definition) is 2. The SMILES string of the molecule is C=C1[C@@H](C)CCC[C@@]1(C)C1SCCCS1. The molecule has 1 aliphatic heterocycles. The van der Waals surface area contributed by atoms with Crippen LogP contribution in [0.4, 0.5) is 0 Å². The van der Waals surface area contributed by atoms with Gasteiger partial charge in [0, 0.05) is 5.41 Å². The Morgan fingerprint density at radius 1 is 1.27 bits per heavy atom. The minimum atomic E-state index is 0.410. The van der Waals surface area contributed by atoms with Gasteiger partial charge in [-0.25, -0.2) is 0 Å². The molecule has 0 aromatic heterocycles. The zero-order valence-corrected chi connectivity index (χ0v) is 11.6. The Kier molecular flexibility index (Phi) is 3.77. The highest BCUT2D eigenvalue weighted by Gasteiger charge is 2.41. The molecule has 0 N–H and O–H groups in total. The van der Waals surface area contributed by atoms with Crippen LogP contribution in [0.1, 0.15) is 39.5 Å². The topological polar surface area (TPSA) is 0 Å². The molecule has 2 heteroatoms. The average molecular weight is 242 g/mol. The van der Waals surface area contributed by atoms with Crippen molar-refractivity contribution in [1.29, 1.82) is 0 Å². The van der Waals surface area contributed by atoms with E-state index in [1.54, 1.807) is 0 Å². The Labute approximate surface area is 103 Å². The van der Waals surface area contributed by atoms with Crippen molar-refractivity contribution in [2.75, 3.05) is 11.5 Å². The molecule has 0 nitrogen and oxygen atoms in total. The summed E-state index contributed by atoms with van der Waals surface area (Å²) in [6, 6.07) is 0. The lowest BCUT2D eigenvalue weighted by Gasteiger charge is -2.45. The Hall–Kier alpha value is 0.440. The first-order valence-electron chi connectivity index (χ1n) is 6.07. The van der Waals surface area contributed by atoms with Gasteiger partial charge in [0.15, 0.2) is 0 Å². The van der Waals surface area contributed by atoms with Crippen LogP contribution in [0, 0.1) is 11.3 Å². The van der Waals surface area contributed by atoms with Gasteiger partial charge in [0.05, 0.1) is 4.58 Å². The molecule has 1 saturated carbocycles. The number of thioether (sulfide) groups is 2. The average Bonchev–Trinajstić information content (AvgIpc) is 2.27. The van der Waals surface area contributed by atoms with Crippen LogP contribution in [0.2, 0.25) is 0 Å². The van der Waals surface area contributed by atoms with E-state index < -0.39 is 0 Å². The highest BCUT2D eigenvalue weighted by atomic mass is 32.2. The van der Waals surface area contributed by atoms with Crippen molar-refractivity contribution >= 4 is 23.5 Å². The maximum atomic E-state index is 4.40. The first kappa shape index (κ1) is 11.9. The predicted molar refractivity (Wildman–Crippen MR) is 73.6 cm³/mol. The molecule has 2 fully saturated rings. The lowest BCUT2D eigenvalue weighted by Crippen LogP contribution is -2.36. The van der Waals surface area contributed by atoms with E-state index in [2.05, 4.69) is 44.0 Å². The molecule has 0 aromatic rings. The van der Waals surface area contributed by atoms with E-state index in [0.717, 1.165) is 10.5 Å². The predicted octanol–water partition coefficient (Wildman–Crippen LogP) is 4.57. The standard InChI is InChI=1S/C13H22S2/c1-10-6-4-7-13(3,11(10)2)12-14-8-5-9-15-12/h10,12H,2,4-9H2,1,3H3/t10-,13+/m0/s1. The van der Waals surface area contributed by atoms with Crippen molar-refractivity contribution in [3.05, 3.63) is 12.2 Å². The summed E-state index contributed by atoms with van der Waals surface area (Å²) in [5.41, 5.74) is 1.94.